The van der Waals surface area contributed by atoms with Gasteiger partial charge in [0, 0.05) is 26.2 Å². The number of carbonyl (C=O) groups is 2. The van der Waals surface area contributed by atoms with E-state index in [-0.39, 0.29) is 32.1 Å². The lowest BCUT2D eigenvalue weighted by Crippen LogP contribution is -2.55. The van der Waals surface area contributed by atoms with Crippen LogP contribution in [0.5, 0.6) is 0 Å². The van der Waals surface area contributed by atoms with Crippen LogP contribution in [0.4, 0.5) is 18.0 Å². The molecule has 9 heteroatoms. The first-order chi connectivity index (χ1) is 8.69. The fraction of sp³-hybridized carbons (Fsp3) is 0.800. The zero-order chi connectivity index (χ0) is 14.6. The minimum Gasteiger partial charge on any atom is -0.352 e. The van der Waals surface area contributed by atoms with Crippen LogP contribution in [0.25, 0.3) is 0 Å². The summed E-state index contributed by atoms with van der Waals surface area (Å²) in [6, 6.07) is -1.58. The highest BCUT2D eigenvalue weighted by atomic mass is 19.4. The fourth-order valence-corrected chi connectivity index (χ4v) is 1.93. The van der Waals surface area contributed by atoms with Crippen molar-refractivity contribution in [1.82, 2.24) is 15.1 Å². The minimum atomic E-state index is -4.23. The van der Waals surface area contributed by atoms with Crippen LogP contribution in [0.1, 0.15) is 6.92 Å². The number of halogens is 3. The molecule has 0 aromatic rings. The largest absolute Gasteiger partial charge is 0.401 e. The fourth-order valence-electron chi connectivity index (χ4n) is 1.93. The lowest BCUT2D eigenvalue weighted by atomic mass is 10.2. The molecule has 1 unspecified atom stereocenters. The second-order valence-corrected chi connectivity index (χ2v) is 4.45. The Kier molecular flexibility index (Phi) is 4.98. The highest BCUT2D eigenvalue weighted by Gasteiger charge is 2.33. The van der Waals surface area contributed by atoms with Gasteiger partial charge in [-0.15, -0.1) is 0 Å². The maximum Gasteiger partial charge on any atom is 0.401 e. The van der Waals surface area contributed by atoms with E-state index in [1.165, 1.54) is 16.7 Å². The molecule has 110 valence electrons. The SMILES string of the molecule is CC(NC(N)=O)C(=O)N1CCN(CC(F)(F)F)CC1. The van der Waals surface area contributed by atoms with E-state index in [0.717, 1.165) is 0 Å². The Morgan fingerprint density at radius 2 is 1.79 bits per heavy atom. The Balaban J connectivity index is 2.41. The molecule has 0 aromatic heterocycles. The predicted molar refractivity (Wildman–Crippen MR) is 61.3 cm³/mol. The number of piperazine rings is 1. The maximum atomic E-state index is 12.2. The number of carbonyl (C=O) groups excluding carboxylic acids is 2. The normalized spacial score (nSPS) is 19.1. The Hall–Kier alpha value is -1.51. The first-order valence-corrected chi connectivity index (χ1v) is 5.83. The number of rotatable bonds is 3. The Bertz CT molecular complexity index is 340. The van der Waals surface area contributed by atoms with Gasteiger partial charge in [0.2, 0.25) is 5.91 Å². The van der Waals surface area contributed by atoms with Gasteiger partial charge >= 0.3 is 12.2 Å². The van der Waals surface area contributed by atoms with Crippen LogP contribution in [-0.2, 0) is 4.79 Å². The standard InChI is InChI=1S/C10H17F3N4O2/c1-7(15-9(14)19)8(18)17-4-2-16(3-5-17)6-10(11,12)13/h7H,2-6H2,1H3,(H3,14,15,19). The van der Waals surface area contributed by atoms with Crippen molar-refractivity contribution >= 4 is 11.9 Å². The monoisotopic (exact) mass is 282 g/mol. The van der Waals surface area contributed by atoms with E-state index in [0.29, 0.717) is 0 Å². The first-order valence-electron chi connectivity index (χ1n) is 5.83. The van der Waals surface area contributed by atoms with E-state index in [2.05, 4.69) is 5.32 Å². The third kappa shape index (κ3) is 5.33. The van der Waals surface area contributed by atoms with Crippen LogP contribution in [0, 0.1) is 0 Å². The van der Waals surface area contributed by atoms with Crippen LogP contribution < -0.4 is 11.1 Å². The third-order valence-electron chi connectivity index (χ3n) is 2.82. The summed E-state index contributed by atoms with van der Waals surface area (Å²) in [6.07, 6.45) is -4.23. The summed E-state index contributed by atoms with van der Waals surface area (Å²) in [6.45, 7) is 1.25. The van der Waals surface area contributed by atoms with Gasteiger partial charge in [0.25, 0.3) is 0 Å². The predicted octanol–water partition coefficient (Wildman–Crippen LogP) is -0.250. The molecule has 1 aliphatic rings. The van der Waals surface area contributed by atoms with E-state index in [4.69, 9.17) is 5.73 Å². The molecule has 1 heterocycles. The minimum absolute atomic E-state index is 0.161. The molecule has 0 radical (unpaired) electrons. The molecule has 6 nitrogen and oxygen atoms in total. The lowest BCUT2D eigenvalue weighted by molar-refractivity contribution is -0.152. The molecular formula is C10H17F3N4O2. The molecule has 0 aromatic carbocycles. The van der Waals surface area contributed by atoms with Crippen LogP contribution in [0.15, 0.2) is 0 Å². The third-order valence-corrected chi connectivity index (χ3v) is 2.82. The molecule has 0 bridgehead atoms. The van der Waals surface area contributed by atoms with Crippen molar-refractivity contribution in [2.45, 2.75) is 19.1 Å². The molecule has 0 spiro atoms. The summed E-state index contributed by atoms with van der Waals surface area (Å²) in [5, 5.41) is 2.24. The van der Waals surface area contributed by atoms with Crippen molar-refractivity contribution in [2.75, 3.05) is 32.7 Å². The van der Waals surface area contributed by atoms with E-state index < -0.39 is 24.8 Å². The number of hydrogen-bond donors (Lipinski definition) is 2. The van der Waals surface area contributed by atoms with Gasteiger partial charge in [-0.1, -0.05) is 0 Å². The molecule has 3 N–H and O–H groups in total. The first kappa shape index (κ1) is 15.5. The van der Waals surface area contributed by atoms with Gasteiger partial charge in [0.15, 0.2) is 0 Å². The molecule has 1 fully saturated rings. The van der Waals surface area contributed by atoms with Gasteiger partial charge in [-0.05, 0) is 6.92 Å². The number of hydrogen-bond acceptors (Lipinski definition) is 3. The number of primary amides is 1. The molecule has 1 atom stereocenters. The van der Waals surface area contributed by atoms with Gasteiger partial charge in [-0.25, -0.2) is 4.79 Å². The second kappa shape index (κ2) is 6.09. The summed E-state index contributed by atoms with van der Waals surface area (Å²) in [5.41, 5.74) is 4.90. The van der Waals surface area contributed by atoms with Gasteiger partial charge in [-0.2, -0.15) is 13.2 Å². The number of nitrogens with two attached hydrogens (primary N) is 1. The van der Waals surface area contributed by atoms with Crippen molar-refractivity contribution < 1.29 is 22.8 Å². The maximum absolute atomic E-state index is 12.2. The summed E-state index contributed by atoms with van der Waals surface area (Å²) in [4.78, 5) is 25.1. The van der Waals surface area contributed by atoms with Crippen molar-refractivity contribution in [1.29, 1.82) is 0 Å². The summed E-state index contributed by atoms with van der Waals surface area (Å²) >= 11 is 0. The number of nitrogens with one attached hydrogen (secondary N) is 1. The van der Waals surface area contributed by atoms with Crippen molar-refractivity contribution in [3.63, 3.8) is 0 Å². The van der Waals surface area contributed by atoms with Gasteiger partial charge < -0.3 is 16.0 Å². The zero-order valence-corrected chi connectivity index (χ0v) is 10.5. The number of urea groups is 1. The van der Waals surface area contributed by atoms with Crippen molar-refractivity contribution in [3.05, 3.63) is 0 Å². The topological polar surface area (TPSA) is 78.7 Å². The highest BCUT2D eigenvalue weighted by Crippen LogP contribution is 2.17. The molecule has 1 saturated heterocycles. The second-order valence-electron chi connectivity index (χ2n) is 4.45. The highest BCUT2D eigenvalue weighted by molar-refractivity contribution is 5.86. The molecule has 1 rings (SSSR count). The van der Waals surface area contributed by atoms with Gasteiger partial charge in [-0.3, -0.25) is 9.69 Å². The number of alkyl halides is 3. The van der Waals surface area contributed by atoms with E-state index in [1.807, 2.05) is 0 Å². The van der Waals surface area contributed by atoms with Crippen LogP contribution in [0.2, 0.25) is 0 Å². The average molecular weight is 282 g/mol. The van der Waals surface area contributed by atoms with E-state index >= 15 is 0 Å². The van der Waals surface area contributed by atoms with Crippen molar-refractivity contribution in [3.8, 4) is 0 Å². The smallest absolute Gasteiger partial charge is 0.352 e. The van der Waals surface area contributed by atoms with Crippen LogP contribution >= 0.6 is 0 Å². The summed E-state index contributed by atoms with van der Waals surface area (Å²) < 4.78 is 36.6. The van der Waals surface area contributed by atoms with Gasteiger partial charge in [0.05, 0.1) is 6.54 Å². The zero-order valence-electron chi connectivity index (χ0n) is 10.5. The molecular weight excluding hydrogens is 265 g/mol. The molecule has 1 aliphatic heterocycles. The lowest BCUT2D eigenvalue weighted by Gasteiger charge is -2.36. The van der Waals surface area contributed by atoms with E-state index in [1.54, 1.807) is 0 Å². The Morgan fingerprint density at radius 1 is 1.26 bits per heavy atom. The summed E-state index contributed by atoms with van der Waals surface area (Å²) in [5.74, 6) is -0.342. The van der Waals surface area contributed by atoms with Crippen LogP contribution in [0.3, 0.4) is 0 Å². The van der Waals surface area contributed by atoms with Gasteiger partial charge in [0.1, 0.15) is 6.04 Å². The molecule has 0 saturated carbocycles. The van der Waals surface area contributed by atoms with Crippen molar-refractivity contribution in [2.24, 2.45) is 5.73 Å². The molecule has 19 heavy (non-hydrogen) atoms. The Labute approximate surface area is 108 Å². The van der Waals surface area contributed by atoms with Crippen LogP contribution in [-0.4, -0.2) is 66.7 Å². The summed E-state index contributed by atoms with van der Waals surface area (Å²) in [7, 11) is 0. The quantitative estimate of drug-likeness (QED) is 0.749. The number of amides is 3. The van der Waals surface area contributed by atoms with E-state index in [9.17, 15) is 22.8 Å². The molecule has 3 amide bonds. The molecule has 0 aliphatic carbocycles. The average Bonchev–Trinajstić information content (AvgIpc) is 2.26. The Morgan fingerprint density at radius 3 is 2.21 bits per heavy atom. The number of nitrogens with zero attached hydrogens (tertiary/aromatic N) is 2.